The van der Waals surface area contributed by atoms with Gasteiger partial charge in [0.1, 0.15) is 11.5 Å². The molecule has 0 spiro atoms. The van der Waals surface area contributed by atoms with Crippen molar-refractivity contribution in [3.05, 3.63) is 54.1 Å². The van der Waals surface area contributed by atoms with E-state index in [1.807, 2.05) is 36.4 Å². The fourth-order valence-electron chi connectivity index (χ4n) is 2.46. The number of nitrogens with zero attached hydrogens (tertiary/aromatic N) is 1. The van der Waals surface area contributed by atoms with Crippen molar-refractivity contribution in [1.29, 1.82) is 0 Å². The van der Waals surface area contributed by atoms with E-state index in [-0.39, 0.29) is 6.04 Å². The highest BCUT2D eigenvalue weighted by atomic mass is 32.1. The first-order valence-electron chi connectivity index (χ1n) is 8.02. The molecule has 0 heterocycles. The topological polar surface area (TPSA) is 45.8 Å². The number of likely N-dealkylation sites (N-methyl/N-ethyl adjacent to an activating group) is 1. The van der Waals surface area contributed by atoms with Crippen molar-refractivity contribution in [3.8, 4) is 11.5 Å². The Morgan fingerprint density at radius 1 is 0.960 bits per heavy atom. The number of benzene rings is 2. The molecule has 0 fully saturated rings. The molecule has 25 heavy (non-hydrogen) atoms. The van der Waals surface area contributed by atoms with Gasteiger partial charge in [-0.3, -0.25) is 0 Å². The zero-order valence-corrected chi connectivity index (χ0v) is 15.9. The van der Waals surface area contributed by atoms with E-state index in [0.29, 0.717) is 11.7 Å². The molecule has 2 aromatic rings. The number of ether oxygens (including phenoxy) is 2. The lowest BCUT2D eigenvalue weighted by atomic mass is 10.1. The monoisotopic (exact) mass is 359 g/mol. The van der Waals surface area contributed by atoms with Crippen LogP contribution in [-0.2, 0) is 0 Å². The third-order valence-electron chi connectivity index (χ3n) is 3.93. The lowest BCUT2D eigenvalue weighted by Gasteiger charge is -2.26. The molecule has 0 bridgehead atoms. The van der Waals surface area contributed by atoms with Gasteiger partial charge in [-0.2, -0.15) is 0 Å². The van der Waals surface area contributed by atoms with Crippen molar-refractivity contribution >= 4 is 23.0 Å². The number of anilines is 1. The van der Waals surface area contributed by atoms with E-state index in [2.05, 4.69) is 41.8 Å². The van der Waals surface area contributed by atoms with E-state index in [0.717, 1.165) is 17.2 Å². The fraction of sp³-hybridized carbons (Fsp3) is 0.316. The Balaban J connectivity index is 1.93. The summed E-state index contributed by atoms with van der Waals surface area (Å²) >= 11 is 5.40. The molecule has 1 atom stereocenters. The Bertz CT molecular complexity index is 672. The van der Waals surface area contributed by atoms with Crippen LogP contribution in [0.15, 0.2) is 48.5 Å². The molecular formula is C19H25N3O2S. The van der Waals surface area contributed by atoms with Gasteiger partial charge in [0, 0.05) is 12.2 Å². The van der Waals surface area contributed by atoms with Crippen molar-refractivity contribution in [3.63, 3.8) is 0 Å². The largest absolute Gasteiger partial charge is 0.497 e. The second-order valence-corrected chi connectivity index (χ2v) is 6.22. The van der Waals surface area contributed by atoms with Crippen LogP contribution in [-0.4, -0.2) is 44.9 Å². The smallest absolute Gasteiger partial charge is 0.170 e. The van der Waals surface area contributed by atoms with Crippen LogP contribution in [0.25, 0.3) is 0 Å². The molecule has 2 aromatic carbocycles. The van der Waals surface area contributed by atoms with Crippen molar-refractivity contribution in [2.75, 3.05) is 40.2 Å². The molecule has 134 valence electrons. The molecule has 0 aliphatic rings. The van der Waals surface area contributed by atoms with Crippen LogP contribution < -0.4 is 20.1 Å². The van der Waals surface area contributed by atoms with Crippen LogP contribution in [0.3, 0.4) is 0 Å². The van der Waals surface area contributed by atoms with Crippen LogP contribution in [0.2, 0.25) is 0 Å². The number of hydrogen-bond acceptors (Lipinski definition) is 4. The number of rotatable bonds is 7. The quantitative estimate of drug-likeness (QED) is 0.740. The minimum atomic E-state index is 0.196. The molecule has 0 saturated carbocycles. The molecular weight excluding hydrogens is 334 g/mol. The maximum Gasteiger partial charge on any atom is 0.170 e. The fourth-order valence-corrected chi connectivity index (χ4v) is 2.66. The van der Waals surface area contributed by atoms with E-state index < -0.39 is 0 Å². The number of hydrogen-bond donors (Lipinski definition) is 2. The van der Waals surface area contributed by atoms with Gasteiger partial charge in [0.2, 0.25) is 0 Å². The van der Waals surface area contributed by atoms with Crippen molar-refractivity contribution in [2.45, 2.75) is 6.04 Å². The second kappa shape index (κ2) is 9.25. The summed E-state index contributed by atoms with van der Waals surface area (Å²) in [6, 6.07) is 15.9. The molecule has 0 saturated heterocycles. The highest BCUT2D eigenvalue weighted by molar-refractivity contribution is 7.80. The lowest BCUT2D eigenvalue weighted by molar-refractivity contribution is 0.299. The Labute approximate surface area is 154 Å². The number of methoxy groups -OCH3 is 2. The average Bonchev–Trinajstić information content (AvgIpc) is 2.62. The Kier molecular flexibility index (Phi) is 7.03. The summed E-state index contributed by atoms with van der Waals surface area (Å²) in [6.45, 7) is 0.696. The van der Waals surface area contributed by atoms with Gasteiger partial charge < -0.3 is 25.0 Å². The van der Waals surface area contributed by atoms with Gasteiger partial charge >= 0.3 is 0 Å². The zero-order chi connectivity index (χ0) is 18.2. The van der Waals surface area contributed by atoms with Gasteiger partial charge in [0.05, 0.1) is 20.3 Å². The minimum Gasteiger partial charge on any atom is -0.497 e. The number of nitrogens with one attached hydrogen (secondary N) is 2. The molecule has 0 radical (unpaired) electrons. The van der Waals surface area contributed by atoms with E-state index in [4.69, 9.17) is 21.7 Å². The summed E-state index contributed by atoms with van der Waals surface area (Å²) in [6.07, 6.45) is 0. The molecule has 2 rings (SSSR count). The third-order valence-corrected chi connectivity index (χ3v) is 4.17. The maximum absolute atomic E-state index is 5.40. The molecule has 6 heteroatoms. The predicted octanol–water partition coefficient (Wildman–Crippen LogP) is 3.29. The summed E-state index contributed by atoms with van der Waals surface area (Å²) in [5, 5.41) is 7.06. The first-order valence-corrected chi connectivity index (χ1v) is 8.43. The minimum absolute atomic E-state index is 0.196. The SMILES string of the molecule is COc1ccc(NC(=S)NC[C@H](c2ccc(OC)cc2)N(C)C)cc1. The van der Waals surface area contributed by atoms with E-state index in [9.17, 15) is 0 Å². The Morgan fingerprint density at radius 2 is 1.48 bits per heavy atom. The van der Waals surface area contributed by atoms with Gasteiger partial charge in [0.25, 0.3) is 0 Å². The van der Waals surface area contributed by atoms with E-state index in [1.165, 1.54) is 5.56 Å². The summed E-state index contributed by atoms with van der Waals surface area (Å²) in [5.74, 6) is 1.67. The second-order valence-electron chi connectivity index (χ2n) is 5.82. The third kappa shape index (κ3) is 5.62. The van der Waals surface area contributed by atoms with Crippen LogP contribution in [0.4, 0.5) is 5.69 Å². The first-order chi connectivity index (χ1) is 12.0. The summed E-state index contributed by atoms with van der Waals surface area (Å²) < 4.78 is 10.4. The molecule has 0 aliphatic heterocycles. The predicted molar refractivity (Wildman–Crippen MR) is 107 cm³/mol. The van der Waals surface area contributed by atoms with Crippen LogP contribution in [0, 0.1) is 0 Å². The molecule has 5 nitrogen and oxygen atoms in total. The van der Waals surface area contributed by atoms with Gasteiger partial charge in [-0.15, -0.1) is 0 Å². The standard InChI is InChI=1S/C19H25N3O2S/c1-22(2)18(14-5-9-16(23-3)10-6-14)13-20-19(25)21-15-7-11-17(24-4)12-8-15/h5-12,18H,13H2,1-4H3,(H2,20,21,25)/t18-/m1/s1. The molecule has 0 aromatic heterocycles. The van der Waals surface area contributed by atoms with Gasteiger partial charge in [0.15, 0.2) is 5.11 Å². The van der Waals surface area contributed by atoms with E-state index >= 15 is 0 Å². The van der Waals surface area contributed by atoms with Gasteiger partial charge in [-0.05, 0) is 68.3 Å². The van der Waals surface area contributed by atoms with Crippen molar-refractivity contribution in [2.24, 2.45) is 0 Å². The molecule has 2 N–H and O–H groups in total. The highest BCUT2D eigenvalue weighted by Gasteiger charge is 2.14. The summed E-state index contributed by atoms with van der Waals surface area (Å²) in [7, 11) is 7.42. The molecule has 0 unspecified atom stereocenters. The van der Waals surface area contributed by atoms with Crippen molar-refractivity contribution < 1.29 is 9.47 Å². The molecule has 0 aliphatic carbocycles. The van der Waals surface area contributed by atoms with Crippen molar-refractivity contribution in [1.82, 2.24) is 10.2 Å². The summed E-state index contributed by atoms with van der Waals surface area (Å²) in [5.41, 5.74) is 2.12. The zero-order valence-electron chi connectivity index (χ0n) is 15.1. The normalized spacial score (nSPS) is 11.7. The van der Waals surface area contributed by atoms with E-state index in [1.54, 1.807) is 14.2 Å². The molecule has 0 amide bonds. The van der Waals surface area contributed by atoms with Gasteiger partial charge in [-0.1, -0.05) is 12.1 Å². The maximum atomic E-state index is 5.40. The van der Waals surface area contributed by atoms with Crippen LogP contribution in [0.5, 0.6) is 11.5 Å². The Hall–Kier alpha value is -2.31. The average molecular weight is 359 g/mol. The number of thiocarbonyl (C=S) groups is 1. The first kappa shape index (κ1) is 19.0. The summed E-state index contributed by atoms with van der Waals surface area (Å²) in [4.78, 5) is 2.16. The van der Waals surface area contributed by atoms with Crippen LogP contribution >= 0.6 is 12.2 Å². The lowest BCUT2D eigenvalue weighted by Crippen LogP contribution is -2.36. The Morgan fingerprint density at radius 3 is 1.96 bits per heavy atom. The highest BCUT2D eigenvalue weighted by Crippen LogP contribution is 2.21. The van der Waals surface area contributed by atoms with Gasteiger partial charge in [-0.25, -0.2) is 0 Å². The van der Waals surface area contributed by atoms with Crippen LogP contribution in [0.1, 0.15) is 11.6 Å².